The van der Waals surface area contributed by atoms with Crippen LogP contribution >= 0.6 is 11.3 Å². The SMILES string of the molecule is CCC(N)Cc1cc(F)ccc1OCc1cscn1. The van der Waals surface area contributed by atoms with E-state index in [-0.39, 0.29) is 11.9 Å². The summed E-state index contributed by atoms with van der Waals surface area (Å²) in [7, 11) is 0. The van der Waals surface area contributed by atoms with Gasteiger partial charge in [0.15, 0.2) is 0 Å². The molecule has 0 aliphatic rings. The van der Waals surface area contributed by atoms with E-state index in [2.05, 4.69) is 4.98 Å². The molecule has 1 atom stereocenters. The Morgan fingerprint density at radius 2 is 2.32 bits per heavy atom. The van der Waals surface area contributed by atoms with Crippen LogP contribution in [0.2, 0.25) is 0 Å². The van der Waals surface area contributed by atoms with Crippen LogP contribution in [0.5, 0.6) is 5.75 Å². The average Bonchev–Trinajstić information content (AvgIpc) is 2.91. The standard InChI is InChI=1S/C14H17FN2OS/c1-2-12(16)6-10-5-11(15)3-4-14(10)18-7-13-8-19-9-17-13/h3-5,8-9,12H,2,6-7,16H2,1H3. The number of ether oxygens (including phenoxy) is 1. The van der Waals surface area contributed by atoms with Crippen LogP contribution in [-0.4, -0.2) is 11.0 Å². The fourth-order valence-electron chi connectivity index (χ4n) is 1.74. The molecule has 1 unspecified atom stereocenters. The molecule has 0 saturated carbocycles. The minimum atomic E-state index is -0.265. The summed E-state index contributed by atoms with van der Waals surface area (Å²) in [5.74, 6) is 0.414. The number of nitrogens with two attached hydrogens (primary N) is 1. The Hall–Kier alpha value is -1.46. The molecule has 0 fully saturated rings. The second-order valence-corrected chi connectivity index (χ2v) is 5.11. The van der Waals surface area contributed by atoms with Gasteiger partial charge in [0, 0.05) is 11.4 Å². The van der Waals surface area contributed by atoms with Crippen molar-refractivity contribution in [2.24, 2.45) is 5.73 Å². The predicted octanol–water partition coefficient (Wildman–Crippen LogP) is 3.14. The van der Waals surface area contributed by atoms with Crippen molar-refractivity contribution in [2.45, 2.75) is 32.4 Å². The summed E-state index contributed by atoms with van der Waals surface area (Å²) in [5, 5.41) is 1.93. The fraction of sp³-hybridized carbons (Fsp3) is 0.357. The van der Waals surface area contributed by atoms with E-state index in [0.717, 1.165) is 17.7 Å². The molecule has 0 amide bonds. The summed E-state index contributed by atoms with van der Waals surface area (Å²) in [4.78, 5) is 4.15. The molecule has 1 heterocycles. The highest BCUT2D eigenvalue weighted by Crippen LogP contribution is 2.22. The van der Waals surface area contributed by atoms with E-state index in [4.69, 9.17) is 10.5 Å². The zero-order valence-corrected chi connectivity index (χ0v) is 11.6. The van der Waals surface area contributed by atoms with Crippen molar-refractivity contribution in [3.8, 4) is 5.75 Å². The van der Waals surface area contributed by atoms with Gasteiger partial charge in [-0.1, -0.05) is 6.92 Å². The Labute approximate surface area is 116 Å². The highest BCUT2D eigenvalue weighted by molar-refractivity contribution is 7.07. The summed E-state index contributed by atoms with van der Waals surface area (Å²) >= 11 is 1.52. The first-order valence-corrected chi connectivity index (χ1v) is 7.17. The highest BCUT2D eigenvalue weighted by atomic mass is 32.1. The smallest absolute Gasteiger partial charge is 0.131 e. The Morgan fingerprint density at radius 3 is 3.00 bits per heavy atom. The van der Waals surface area contributed by atoms with Crippen molar-refractivity contribution < 1.29 is 9.13 Å². The first-order chi connectivity index (χ1) is 9.19. The van der Waals surface area contributed by atoms with Crippen LogP contribution in [0.1, 0.15) is 24.6 Å². The van der Waals surface area contributed by atoms with Crippen LogP contribution in [0.25, 0.3) is 0 Å². The number of benzene rings is 1. The van der Waals surface area contributed by atoms with Gasteiger partial charge in [-0.2, -0.15) is 0 Å². The second-order valence-electron chi connectivity index (χ2n) is 4.39. The van der Waals surface area contributed by atoms with E-state index in [9.17, 15) is 4.39 Å². The van der Waals surface area contributed by atoms with Gasteiger partial charge in [-0.25, -0.2) is 9.37 Å². The molecule has 2 N–H and O–H groups in total. The summed E-state index contributed by atoms with van der Waals surface area (Å²) in [6.07, 6.45) is 1.46. The molecule has 0 bridgehead atoms. The van der Waals surface area contributed by atoms with Crippen LogP contribution < -0.4 is 10.5 Å². The van der Waals surface area contributed by atoms with Crippen molar-refractivity contribution in [3.05, 3.63) is 46.2 Å². The Bertz CT molecular complexity index is 516. The average molecular weight is 280 g/mol. The topological polar surface area (TPSA) is 48.1 Å². The van der Waals surface area contributed by atoms with E-state index >= 15 is 0 Å². The number of aromatic nitrogens is 1. The van der Waals surface area contributed by atoms with Crippen molar-refractivity contribution in [1.29, 1.82) is 0 Å². The maximum atomic E-state index is 13.3. The summed E-state index contributed by atoms with van der Waals surface area (Å²) in [5.41, 5.74) is 9.37. The predicted molar refractivity (Wildman–Crippen MR) is 74.8 cm³/mol. The van der Waals surface area contributed by atoms with Gasteiger partial charge in [-0.3, -0.25) is 0 Å². The number of halogens is 1. The minimum Gasteiger partial charge on any atom is -0.487 e. The van der Waals surface area contributed by atoms with Gasteiger partial charge >= 0.3 is 0 Å². The lowest BCUT2D eigenvalue weighted by atomic mass is 10.0. The number of nitrogens with zero attached hydrogens (tertiary/aromatic N) is 1. The highest BCUT2D eigenvalue weighted by Gasteiger charge is 2.10. The molecule has 102 valence electrons. The molecule has 2 aromatic rings. The Kier molecular flexibility index (Phi) is 4.87. The van der Waals surface area contributed by atoms with Crippen LogP contribution in [0.15, 0.2) is 29.1 Å². The quantitative estimate of drug-likeness (QED) is 0.884. The van der Waals surface area contributed by atoms with E-state index in [1.807, 2.05) is 12.3 Å². The van der Waals surface area contributed by atoms with E-state index < -0.39 is 0 Å². The lowest BCUT2D eigenvalue weighted by molar-refractivity contribution is 0.297. The normalized spacial score (nSPS) is 12.4. The fourth-order valence-corrected chi connectivity index (χ4v) is 2.28. The molecule has 1 aromatic carbocycles. The molecule has 5 heteroatoms. The van der Waals surface area contributed by atoms with Gasteiger partial charge in [0.05, 0.1) is 11.2 Å². The van der Waals surface area contributed by atoms with Crippen molar-refractivity contribution in [1.82, 2.24) is 4.98 Å². The van der Waals surface area contributed by atoms with Gasteiger partial charge in [-0.15, -0.1) is 11.3 Å². The van der Waals surface area contributed by atoms with Crippen LogP contribution in [0.4, 0.5) is 4.39 Å². The summed E-state index contributed by atoms with van der Waals surface area (Å²) in [6.45, 7) is 2.41. The lowest BCUT2D eigenvalue weighted by Gasteiger charge is -2.14. The molecule has 0 aliphatic heterocycles. The third-order valence-electron chi connectivity index (χ3n) is 2.89. The summed E-state index contributed by atoms with van der Waals surface area (Å²) in [6, 6.07) is 4.56. The number of thiazole rings is 1. The lowest BCUT2D eigenvalue weighted by Crippen LogP contribution is -2.21. The Balaban J connectivity index is 2.09. The van der Waals surface area contributed by atoms with Crippen LogP contribution in [0, 0.1) is 5.82 Å². The minimum absolute atomic E-state index is 0.0171. The largest absolute Gasteiger partial charge is 0.487 e. The van der Waals surface area contributed by atoms with E-state index in [0.29, 0.717) is 18.8 Å². The number of hydrogen-bond acceptors (Lipinski definition) is 4. The molecule has 0 spiro atoms. The first-order valence-electron chi connectivity index (χ1n) is 6.23. The maximum Gasteiger partial charge on any atom is 0.131 e. The van der Waals surface area contributed by atoms with Gasteiger partial charge < -0.3 is 10.5 Å². The van der Waals surface area contributed by atoms with Crippen LogP contribution in [-0.2, 0) is 13.0 Å². The maximum absolute atomic E-state index is 13.3. The van der Waals surface area contributed by atoms with Gasteiger partial charge in [0.25, 0.3) is 0 Å². The molecule has 0 radical (unpaired) electrons. The van der Waals surface area contributed by atoms with E-state index in [1.165, 1.54) is 23.5 Å². The third kappa shape index (κ3) is 4.01. The van der Waals surface area contributed by atoms with Crippen LogP contribution in [0.3, 0.4) is 0 Å². The summed E-state index contributed by atoms with van der Waals surface area (Å²) < 4.78 is 19.0. The first kappa shape index (κ1) is 14.0. The van der Waals surface area contributed by atoms with Crippen molar-refractivity contribution in [3.63, 3.8) is 0 Å². The molecule has 19 heavy (non-hydrogen) atoms. The zero-order valence-electron chi connectivity index (χ0n) is 10.8. The second kappa shape index (κ2) is 6.63. The molecular formula is C14H17FN2OS. The van der Waals surface area contributed by atoms with Gasteiger partial charge in [0.2, 0.25) is 0 Å². The van der Waals surface area contributed by atoms with Gasteiger partial charge in [-0.05, 0) is 36.6 Å². The number of rotatable bonds is 6. The molecule has 0 saturated heterocycles. The molecule has 0 aliphatic carbocycles. The van der Waals surface area contributed by atoms with E-state index in [1.54, 1.807) is 11.6 Å². The van der Waals surface area contributed by atoms with Crippen molar-refractivity contribution in [2.75, 3.05) is 0 Å². The third-order valence-corrected chi connectivity index (χ3v) is 3.52. The monoisotopic (exact) mass is 280 g/mol. The molecular weight excluding hydrogens is 263 g/mol. The molecule has 3 nitrogen and oxygen atoms in total. The molecule has 2 rings (SSSR count). The Morgan fingerprint density at radius 1 is 1.47 bits per heavy atom. The van der Waals surface area contributed by atoms with Gasteiger partial charge in [0.1, 0.15) is 18.2 Å². The molecule has 1 aromatic heterocycles. The zero-order chi connectivity index (χ0) is 13.7. The van der Waals surface area contributed by atoms with Crippen molar-refractivity contribution >= 4 is 11.3 Å². The number of hydrogen-bond donors (Lipinski definition) is 1.